The molecule has 0 fully saturated rings. The highest BCUT2D eigenvalue weighted by Gasteiger charge is 2.23. The molecule has 0 saturated carbocycles. The van der Waals surface area contributed by atoms with E-state index in [0.717, 1.165) is 11.1 Å². The molecule has 0 saturated heterocycles. The number of hydrogen-bond acceptors (Lipinski definition) is 9. The van der Waals surface area contributed by atoms with E-state index in [9.17, 15) is 25.1 Å². The normalized spacial score (nSPS) is 12.8. The molecule has 11 heteroatoms. The number of pyridine rings is 1. The van der Waals surface area contributed by atoms with Crippen LogP contribution in [0, 0.1) is 18.3 Å². The lowest BCUT2D eigenvalue weighted by molar-refractivity contribution is -0.144. The average Bonchev–Trinajstić information content (AvgIpc) is 3.04. The first-order chi connectivity index (χ1) is 21.8. The molecule has 5 rings (SSSR count). The highest BCUT2D eigenvalue weighted by atomic mass is 16.6. The van der Waals surface area contributed by atoms with Gasteiger partial charge in [0.15, 0.2) is 11.5 Å². The largest absolute Gasteiger partial charge is 0.488 e. The first-order valence-corrected chi connectivity index (χ1v) is 14.3. The zero-order chi connectivity index (χ0) is 31.9. The molecule has 0 radical (unpaired) electrons. The number of aryl methyl sites for hydroxylation is 1. The van der Waals surface area contributed by atoms with Crippen LogP contribution in [0.5, 0.6) is 23.0 Å². The molecule has 11 nitrogen and oxygen atoms in total. The maximum Gasteiger partial charge on any atom is 0.323 e. The lowest BCUT2D eigenvalue weighted by Crippen LogP contribution is -2.40. The Morgan fingerprint density at radius 1 is 1.00 bits per heavy atom. The average molecular weight is 612 g/mol. The van der Waals surface area contributed by atoms with Crippen molar-refractivity contribution in [3.63, 3.8) is 0 Å². The van der Waals surface area contributed by atoms with Crippen LogP contribution in [-0.2, 0) is 24.6 Å². The number of aliphatic hydroxyl groups excluding tert-OH is 1. The summed E-state index contributed by atoms with van der Waals surface area (Å²) >= 11 is 0. The second-order valence-electron chi connectivity index (χ2n) is 10.6. The maximum absolute atomic E-state index is 13.4. The topological polar surface area (TPSA) is 143 Å². The van der Waals surface area contributed by atoms with Gasteiger partial charge in [0.05, 0.1) is 29.5 Å². The fourth-order valence-corrected chi connectivity index (χ4v) is 5.01. The molecule has 0 bridgehead atoms. The summed E-state index contributed by atoms with van der Waals surface area (Å²) in [6.07, 6.45) is 1.68. The van der Waals surface area contributed by atoms with Crippen molar-refractivity contribution in [3.8, 4) is 34.8 Å². The van der Waals surface area contributed by atoms with Gasteiger partial charge in [0.1, 0.15) is 44.0 Å². The van der Waals surface area contributed by atoms with Crippen LogP contribution in [0.3, 0.4) is 0 Å². The smallest absolute Gasteiger partial charge is 0.323 e. The van der Waals surface area contributed by atoms with Gasteiger partial charge in [-0.1, -0.05) is 12.1 Å². The molecule has 0 aliphatic carbocycles. The van der Waals surface area contributed by atoms with Crippen molar-refractivity contribution in [1.82, 2.24) is 9.47 Å². The van der Waals surface area contributed by atoms with Crippen molar-refractivity contribution >= 4 is 5.97 Å². The molecule has 1 unspecified atom stereocenters. The molecule has 0 amide bonds. The van der Waals surface area contributed by atoms with E-state index in [1.54, 1.807) is 67.8 Å². The van der Waals surface area contributed by atoms with Gasteiger partial charge in [-0.05, 0) is 67.6 Å². The number of fused-ring (bicyclic) bond motifs is 1. The summed E-state index contributed by atoms with van der Waals surface area (Å²) in [5.74, 6) is 0.988. The van der Waals surface area contributed by atoms with E-state index < -0.39 is 18.6 Å². The fourth-order valence-electron chi connectivity index (χ4n) is 5.01. The minimum atomic E-state index is -1.14. The van der Waals surface area contributed by atoms with Crippen LogP contribution in [0.25, 0.3) is 5.69 Å². The monoisotopic (exact) mass is 611 g/mol. The highest BCUT2D eigenvalue weighted by molar-refractivity contribution is 5.73. The number of nitriles is 1. The molecule has 232 valence electrons. The number of nitrogens with zero attached hydrogens (tertiary/aromatic N) is 3. The van der Waals surface area contributed by atoms with Gasteiger partial charge in [0.2, 0.25) is 0 Å². The zero-order valence-corrected chi connectivity index (χ0v) is 24.9. The lowest BCUT2D eigenvalue weighted by atomic mass is 10.1. The summed E-state index contributed by atoms with van der Waals surface area (Å²) in [6, 6.07) is 20.4. The number of aliphatic hydroxyl groups is 1. The third-order valence-corrected chi connectivity index (χ3v) is 7.43. The van der Waals surface area contributed by atoms with Crippen LogP contribution in [-0.4, -0.2) is 58.6 Å². The summed E-state index contributed by atoms with van der Waals surface area (Å²) in [5, 5.41) is 28.4. The van der Waals surface area contributed by atoms with Gasteiger partial charge in [-0.25, -0.2) is 0 Å². The van der Waals surface area contributed by atoms with E-state index in [0.29, 0.717) is 58.6 Å². The molecule has 1 atom stereocenters. The van der Waals surface area contributed by atoms with Crippen LogP contribution >= 0.6 is 0 Å². The molecule has 2 heterocycles. The summed E-state index contributed by atoms with van der Waals surface area (Å²) in [4.78, 5) is 26.6. The van der Waals surface area contributed by atoms with E-state index in [1.807, 2.05) is 19.1 Å². The second kappa shape index (κ2) is 14.0. The van der Waals surface area contributed by atoms with Gasteiger partial charge in [-0.2, -0.15) is 5.26 Å². The molecule has 3 aromatic carbocycles. The minimum Gasteiger partial charge on any atom is -0.488 e. The molecule has 1 aromatic heterocycles. The number of carboxylic acids is 1. The number of rotatable bonds is 12. The quantitative estimate of drug-likeness (QED) is 0.243. The molecule has 4 aromatic rings. The Kier molecular flexibility index (Phi) is 9.67. The number of likely N-dealkylation sites (N-methyl/N-ethyl adjacent to an activating group) is 1. The van der Waals surface area contributed by atoms with Crippen molar-refractivity contribution < 1.29 is 34.0 Å². The van der Waals surface area contributed by atoms with Crippen molar-refractivity contribution in [2.45, 2.75) is 32.7 Å². The number of benzene rings is 3. The minimum absolute atomic E-state index is 0.0143. The first kappa shape index (κ1) is 31.1. The van der Waals surface area contributed by atoms with Crippen molar-refractivity contribution in [1.29, 1.82) is 5.26 Å². The summed E-state index contributed by atoms with van der Waals surface area (Å²) < 4.78 is 25.1. The Morgan fingerprint density at radius 2 is 1.78 bits per heavy atom. The number of carboxylic acid groups (broad SMARTS) is 1. The van der Waals surface area contributed by atoms with Gasteiger partial charge >= 0.3 is 5.97 Å². The lowest BCUT2D eigenvalue weighted by Gasteiger charge is -2.25. The number of aliphatic carboxylic acids is 1. The predicted octanol–water partition coefficient (Wildman–Crippen LogP) is 3.82. The van der Waals surface area contributed by atoms with E-state index in [4.69, 9.17) is 18.9 Å². The maximum atomic E-state index is 13.4. The summed E-state index contributed by atoms with van der Waals surface area (Å²) in [5.41, 5.74) is 3.52. The molecule has 1 aliphatic rings. The first-order valence-electron chi connectivity index (χ1n) is 14.3. The Hall–Kier alpha value is -5.31. The molecular formula is C34H33N3O8. The molecule has 2 N–H and O–H groups in total. The van der Waals surface area contributed by atoms with Gasteiger partial charge in [-0.15, -0.1) is 0 Å². The van der Waals surface area contributed by atoms with E-state index in [-0.39, 0.29) is 25.3 Å². The van der Waals surface area contributed by atoms with Crippen LogP contribution in [0.2, 0.25) is 0 Å². The molecule has 0 spiro atoms. The molecule has 45 heavy (non-hydrogen) atoms. The Labute approximate surface area is 260 Å². The third kappa shape index (κ3) is 7.26. The zero-order valence-electron chi connectivity index (χ0n) is 24.9. The van der Waals surface area contributed by atoms with E-state index in [1.165, 1.54) is 9.47 Å². The van der Waals surface area contributed by atoms with Crippen molar-refractivity contribution in [2.75, 3.05) is 26.9 Å². The Bertz CT molecular complexity index is 1800. The summed E-state index contributed by atoms with van der Waals surface area (Å²) in [6.45, 7) is 2.51. The van der Waals surface area contributed by atoms with Crippen LogP contribution in [0.4, 0.5) is 0 Å². The van der Waals surface area contributed by atoms with Crippen molar-refractivity contribution in [3.05, 3.63) is 111 Å². The number of carbonyl (C=O) groups is 1. The SMILES string of the molecule is Cc1cc(CN(C)C(CO)C(=O)O)c(OCc2cccc(C#N)c2)cc1OCc1cccn(-c2ccc3c(c2)OCCO3)c1=O. The number of hydrogen-bond donors (Lipinski definition) is 2. The Balaban J connectivity index is 1.40. The van der Waals surface area contributed by atoms with E-state index >= 15 is 0 Å². The molecule has 1 aliphatic heterocycles. The van der Waals surface area contributed by atoms with Gasteiger partial charge in [-0.3, -0.25) is 19.1 Å². The highest BCUT2D eigenvalue weighted by Crippen LogP contribution is 2.33. The standard InChI is InChI=1S/C34H33N3O8/c1-22-13-26(18-36(2)28(19-38)34(40)41)31(44-20-24-6-3-5-23(14-24)17-35)16-30(22)45-21-25-7-4-10-37(33(25)39)27-8-9-29-32(15-27)43-12-11-42-29/h3-10,13-16,28,38H,11-12,18-21H2,1-2H3,(H,40,41). The summed E-state index contributed by atoms with van der Waals surface area (Å²) in [7, 11) is 1.61. The Morgan fingerprint density at radius 3 is 2.53 bits per heavy atom. The fraction of sp³-hybridized carbons (Fsp3) is 0.265. The van der Waals surface area contributed by atoms with Crippen LogP contribution in [0.15, 0.2) is 77.7 Å². The van der Waals surface area contributed by atoms with Gasteiger partial charge in [0.25, 0.3) is 5.56 Å². The van der Waals surface area contributed by atoms with Crippen molar-refractivity contribution in [2.24, 2.45) is 0 Å². The number of ether oxygens (including phenoxy) is 4. The van der Waals surface area contributed by atoms with E-state index in [2.05, 4.69) is 6.07 Å². The van der Waals surface area contributed by atoms with Gasteiger partial charge < -0.3 is 29.2 Å². The molecular weight excluding hydrogens is 578 g/mol. The third-order valence-electron chi connectivity index (χ3n) is 7.43. The van der Waals surface area contributed by atoms with Crippen LogP contribution < -0.4 is 24.5 Å². The van der Waals surface area contributed by atoms with Gasteiger partial charge in [0, 0.05) is 30.4 Å². The second-order valence-corrected chi connectivity index (χ2v) is 10.6. The van der Waals surface area contributed by atoms with Crippen LogP contribution in [0.1, 0.15) is 27.8 Å². The predicted molar refractivity (Wildman–Crippen MR) is 164 cm³/mol. The number of aromatic nitrogens is 1.